The predicted molar refractivity (Wildman–Crippen MR) is 157 cm³/mol. The molecule has 0 aromatic rings. The van der Waals surface area contributed by atoms with Crippen molar-refractivity contribution >= 4 is 11.8 Å². The Kier molecular flexibility index (Phi) is 6.30. The SMILES string of the molecule is CC(C)C1=C2C3CCC4C5(C)CC=C(C6=CCC(C(=O)O)CC6)C(C)C5CCC4(C)[C@]3(C)CCC2(C)CC1=O. The van der Waals surface area contributed by atoms with Crippen LogP contribution in [0.15, 0.2) is 34.4 Å². The van der Waals surface area contributed by atoms with Crippen LogP contribution in [0.5, 0.6) is 0 Å². The third kappa shape index (κ3) is 3.66. The molecule has 0 heterocycles. The van der Waals surface area contributed by atoms with Gasteiger partial charge in [-0.1, -0.05) is 66.2 Å². The van der Waals surface area contributed by atoms with Crippen molar-refractivity contribution in [3.63, 3.8) is 0 Å². The van der Waals surface area contributed by atoms with E-state index < -0.39 is 5.97 Å². The highest BCUT2D eigenvalue weighted by Gasteiger charge is 2.68. The van der Waals surface area contributed by atoms with Crippen LogP contribution in [0.25, 0.3) is 0 Å². The maximum atomic E-state index is 13.3. The van der Waals surface area contributed by atoms with Gasteiger partial charge in [-0.25, -0.2) is 0 Å². The molecule has 39 heavy (non-hydrogen) atoms. The van der Waals surface area contributed by atoms with E-state index in [1.54, 1.807) is 5.57 Å². The van der Waals surface area contributed by atoms with E-state index in [9.17, 15) is 14.7 Å². The second kappa shape index (κ2) is 8.93. The smallest absolute Gasteiger partial charge is 0.306 e. The van der Waals surface area contributed by atoms with E-state index in [-0.39, 0.29) is 16.7 Å². The Morgan fingerprint density at radius 1 is 0.974 bits per heavy atom. The molecule has 0 amide bonds. The summed E-state index contributed by atoms with van der Waals surface area (Å²) in [4.78, 5) is 24.8. The Labute approximate surface area is 237 Å². The molecule has 0 aromatic carbocycles. The van der Waals surface area contributed by atoms with Crippen molar-refractivity contribution in [3.05, 3.63) is 34.4 Å². The molecule has 3 saturated carbocycles. The first-order chi connectivity index (χ1) is 18.3. The van der Waals surface area contributed by atoms with Gasteiger partial charge in [0.05, 0.1) is 5.92 Å². The number of aliphatic carboxylic acids is 1. The molecule has 8 unspecified atom stereocenters. The number of fused-ring (bicyclic) bond motifs is 7. The molecule has 3 fully saturated rings. The zero-order valence-corrected chi connectivity index (χ0v) is 25.7. The van der Waals surface area contributed by atoms with Crippen molar-refractivity contribution in [2.45, 2.75) is 119 Å². The van der Waals surface area contributed by atoms with Gasteiger partial charge in [0.2, 0.25) is 0 Å². The lowest BCUT2D eigenvalue weighted by Crippen LogP contribution is -2.63. The first-order valence-electron chi connectivity index (χ1n) is 16.2. The molecule has 6 aliphatic carbocycles. The lowest BCUT2D eigenvalue weighted by atomic mass is 9.34. The van der Waals surface area contributed by atoms with Crippen molar-refractivity contribution in [1.29, 1.82) is 0 Å². The highest BCUT2D eigenvalue weighted by molar-refractivity contribution is 6.00. The largest absolute Gasteiger partial charge is 0.481 e. The molecule has 9 atom stereocenters. The predicted octanol–water partition coefficient (Wildman–Crippen LogP) is 8.94. The molecule has 0 spiro atoms. The number of rotatable bonds is 3. The molecular weight excluding hydrogens is 480 g/mol. The number of carboxylic acid groups (broad SMARTS) is 1. The van der Waals surface area contributed by atoms with Crippen LogP contribution in [-0.2, 0) is 9.59 Å². The quantitative estimate of drug-likeness (QED) is 0.395. The molecule has 6 aliphatic rings. The van der Waals surface area contributed by atoms with Crippen LogP contribution in [0.2, 0.25) is 0 Å². The number of hydrogen-bond donors (Lipinski definition) is 1. The van der Waals surface area contributed by atoms with E-state index in [0.717, 1.165) is 25.7 Å². The Balaban J connectivity index is 1.34. The van der Waals surface area contributed by atoms with Gasteiger partial charge in [-0.3, -0.25) is 9.59 Å². The number of allylic oxidation sites excluding steroid dienone is 6. The Hall–Kier alpha value is -1.64. The summed E-state index contributed by atoms with van der Waals surface area (Å²) in [5.41, 5.74) is 6.74. The first kappa shape index (κ1) is 27.5. The summed E-state index contributed by atoms with van der Waals surface area (Å²) in [5.74, 6) is 2.45. The minimum Gasteiger partial charge on any atom is -0.481 e. The van der Waals surface area contributed by atoms with Gasteiger partial charge in [-0.15, -0.1) is 0 Å². The van der Waals surface area contributed by atoms with Gasteiger partial charge < -0.3 is 5.11 Å². The van der Waals surface area contributed by atoms with Gasteiger partial charge in [0.25, 0.3) is 0 Å². The van der Waals surface area contributed by atoms with Gasteiger partial charge in [0.1, 0.15) is 0 Å². The van der Waals surface area contributed by atoms with Crippen LogP contribution in [0.3, 0.4) is 0 Å². The van der Waals surface area contributed by atoms with Crippen LogP contribution >= 0.6 is 0 Å². The number of carbonyl (C=O) groups is 2. The zero-order chi connectivity index (χ0) is 28.1. The second-order valence-electron chi connectivity index (χ2n) is 16.0. The number of hydrogen-bond acceptors (Lipinski definition) is 2. The molecule has 1 N–H and O–H groups in total. The third-order valence-electron chi connectivity index (χ3n) is 14.1. The average molecular weight is 533 g/mol. The average Bonchev–Trinajstić information content (AvgIpc) is 3.15. The van der Waals surface area contributed by atoms with Crippen LogP contribution in [0.4, 0.5) is 0 Å². The molecule has 0 aromatic heterocycles. The fraction of sp³-hybridized carbons (Fsp3) is 0.778. The first-order valence-corrected chi connectivity index (χ1v) is 16.2. The van der Waals surface area contributed by atoms with Gasteiger partial charge in [0.15, 0.2) is 5.78 Å². The number of carboxylic acids is 1. The highest BCUT2D eigenvalue weighted by atomic mass is 16.4. The standard InChI is InChI=1S/C36H52O3/c1-21(2)30-28(37)20-33(4)18-19-35(6)27(31(30)33)12-13-29-34(5)16-14-25(22(3)26(34)15-17-36(29,35)7)23-8-10-24(11-9-23)32(38)39/h8,14,21-22,24,26-27,29H,9-13,15-20H2,1-7H3,(H,38,39)/t22?,24?,26?,27?,29?,33?,34?,35-,36?/m1/s1. The molecule has 6 rings (SSSR count). The van der Waals surface area contributed by atoms with Crippen LogP contribution in [0, 0.1) is 57.2 Å². The van der Waals surface area contributed by atoms with Gasteiger partial charge in [0, 0.05) is 6.42 Å². The minimum absolute atomic E-state index is 0.0928. The highest BCUT2D eigenvalue weighted by Crippen LogP contribution is 2.75. The van der Waals surface area contributed by atoms with Gasteiger partial charge >= 0.3 is 5.97 Å². The molecule has 214 valence electrons. The van der Waals surface area contributed by atoms with E-state index in [1.165, 1.54) is 55.2 Å². The maximum Gasteiger partial charge on any atom is 0.306 e. The lowest BCUT2D eigenvalue weighted by Gasteiger charge is -2.70. The molecule has 0 bridgehead atoms. The van der Waals surface area contributed by atoms with Crippen LogP contribution in [0.1, 0.15) is 119 Å². The summed E-state index contributed by atoms with van der Waals surface area (Å²) in [6.07, 6.45) is 16.7. The van der Waals surface area contributed by atoms with Gasteiger partial charge in [-0.05, 0) is 132 Å². The fourth-order valence-electron chi connectivity index (χ4n) is 11.9. The third-order valence-corrected chi connectivity index (χ3v) is 14.1. The van der Waals surface area contributed by atoms with Crippen LogP contribution in [-0.4, -0.2) is 16.9 Å². The topological polar surface area (TPSA) is 54.4 Å². The summed E-state index contributed by atoms with van der Waals surface area (Å²) in [5, 5.41) is 9.47. The molecule has 3 nitrogen and oxygen atoms in total. The molecule has 0 radical (unpaired) electrons. The monoisotopic (exact) mass is 532 g/mol. The van der Waals surface area contributed by atoms with E-state index in [1.807, 2.05) is 0 Å². The lowest BCUT2D eigenvalue weighted by molar-refractivity contribution is -0.190. The summed E-state index contributed by atoms with van der Waals surface area (Å²) in [7, 11) is 0. The fourth-order valence-corrected chi connectivity index (χ4v) is 11.9. The zero-order valence-electron chi connectivity index (χ0n) is 25.7. The summed E-state index contributed by atoms with van der Waals surface area (Å²) >= 11 is 0. The van der Waals surface area contributed by atoms with Crippen molar-refractivity contribution < 1.29 is 14.7 Å². The number of Topliss-reactive ketones (excluding diaryl/α,β-unsaturated/α-hetero) is 1. The van der Waals surface area contributed by atoms with E-state index in [0.29, 0.717) is 52.6 Å². The van der Waals surface area contributed by atoms with E-state index in [4.69, 9.17) is 0 Å². The second-order valence-corrected chi connectivity index (χ2v) is 16.0. The molecule has 0 aliphatic heterocycles. The maximum absolute atomic E-state index is 13.3. The van der Waals surface area contributed by atoms with Crippen molar-refractivity contribution in [2.24, 2.45) is 57.2 Å². The molecule has 0 saturated heterocycles. The van der Waals surface area contributed by atoms with Gasteiger partial charge in [-0.2, -0.15) is 0 Å². The van der Waals surface area contributed by atoms with E-state index in [2.05, 4.69) is 60.6 Å². The Morgan fingerprint density at radius 2 is 1.72 bits per heavy atom. The minimum atomic E-state index is -0.638. The van der Waals surface area contributed by atoms with Crippen molar-refractivity contribution in [3.8, 4) is 0 Å². The summed E-state index contributed by atoms with van der Waals surface area (Å²) < 4.78 is 0. The summed E-state index contributed by atoms with van der Waals surface area (Å²) in [6, 6.07) is 0. The molecular formula is C36H52O3. The Bertz CT molecular complexity index is 1190. The summed E-state index contributed by atoms with van der Waals surface area (Å²) in [6.45, 7) is 17.3. The normalized spacial score (nSPS) is 47.6. The van der Waals surface area contributed by atoms with Crippen molar-refractivity contribution in [1.82, 2.24) is 0 Å². The van der Waals surface area contributed by atoms with Crippen molar-refractivity contribution in [2.75, 3.05) is 0 Å². The van der Waals surface area contributed by atoms with Crippen LogP contribution < -0.4 is 0 Å². The van der Waals surface area contributed by atoms with E-state index >= 15 is 0 Å². The number of ketones is 1. The number of carbonyl (C=O) groups excluding carboxylic acids is 1. The molecule has 3 heteroatoms. The Morgan fingerprint density at radius 3 is 2.36 bits per heavy atom.